The summed E-state index contributed by atoms with van der Waals surface area (Å²) in [7, 11) is 0. The predicted molar refractivity (Wildman–Crippen MR) is 75.7 cm³/mol. The molecule has 0 atom stereocenters. The summed E-state index contributed by atoms with van der Waals surface area (Å²) in [4.78, 5) is 0. The quantitative estimate of drug-likeness (QED) is 0.623. The van der Waals surface area contributed by atoms with E-state index >= 15 is 0 Å². The lowest BCUT2D eigenvalue weighted by Gasteiger charge is -2.39. The van der Waals surface area contributed by atoms with E-state index in [0.717, 1.165) is 0 Å². The highest BCUT2D eigenvalue weighted by molar-refractivity contribution is 9.10. The highest BCUT2D eigenvalue weighted by Crippen LogP contribution is 2.51. The third-order valence-electron chi connectivity index (χ3n) is 3.93. The zero-order chi connectivity index (χ0) is 13.8. The lowest BCUT2D eigenvalue weighted by molar-refractivity contribution is 0.0351. The maximum absolute atomic E-state index is 14.7. The summed E-state index contributed by atoms with van der Waals surface area (Å²) in [6.45, 7) is 3.99. The van der Waals surface area contributed by atoms with Crippen molar-refractivity contribution in [2.75, 3.05) is 0 Å². The second-order valence-corrected chi connectivity index (χ2v) is 6.35. The molecular weight excluding hydrogens is 310 g/mol. The van der Waals surface area contributed by atoms with Crippen molar-refractivity contribution in [3.63, 3.8) is 0 Å². The summed E-state index contributed by atoms with van der Waals surface area (Å²) < 4.78 is 30.1. The first-order valence-corrected chi connectivity index (χ1v) is 6.93. The molecule has 0 aromatic heterocycles. The van der Waals surface area contributed by atoms with Crippen LogP contribution in [0.1, 0.15) is 36.1 Å². The second-order valence-electron chi connectivity index (χ2n) is 5.43. The van der Waals surface area contributed by atoms with Gasteiger partial charge < -0.3 is 0 Å². The van der Waals surface area contributed by atoms with E-state index in [9.17, 15) is 8.78 Å². The Balaban J connectivity index is 2.40. The van der Waals surface area contributed by atoms with E-state index in [0.29, 0.717) is 15.6 Å². The van der Waals surface area contributed by atoms with E-state index in [4.69, 9.17) is 0 Å². The number of rotatable bonds is 0. The molecule has 0 heterocycles. The van der Waals surface area contributed by atoms with Crippen LogP contribution in [0, 0.1) is 0 Å². The molecule has 0 radical (unpaired) electrons. The van der Waals surface area contributed by atoms with Gasteiger partial charge >= 0.3 is 0 Å². The van der Waals surface area contributed by atoms with Crippen LogP contribution in [0.5, 0.6) is 0 Å². The highest BCUT2D eigenvalue weighted by Gasteiger charge is 2.47. The smallest absolute Gasteiger partial charge is 0.196 e. The van der Waals surface area contributed by atoms with E-state index in [1.54, 1.807) is 18.2 Å². The first-order valence-electron chi connectivity index (χ1n) is 6.13. The van der Waals surface area contributed by atoms with Gasteiger partial charge in [-0.25, -0.2) is 0 Å². The SMILES string of the molecule is CC1(C)c2ccccc2C(F)(F)c2cc(Br)ccc21. The van der Waals surface area contributed by atoms with Crippen molar-refractivity contribution in [3.05, 3.63) is 69.2 Å². The van der Waals surface area contributed by atoms with Gasteiger partial charge in [0.05, 0.1) is 0 Å². The fourth-order valence-corrected chi connectivity index (χ4v) is 3.27. The molecule has 0 bridgehead atoms. The fourth-order valence-electron chi connectivity index (χ4n) is 2.91. The van der Waals surface area contributed by atoms with Crippen molar-refractivity contribution >= 4 is 15.9 Å². The summed E-state index contributed by atoms with van der Waals surface area (Å²) in [5.41, 5.74) is 1.21. The minimum Gasteiger partial charge on any atom is -0.196 e. The molecule has 0 amide bonds. The molecule has 1 aliphatic carbocycles. The zero-order valence-corrected chi connectivity index (χ0v) is 12.3. The largest absolute Gasteiger partial charge is 0.299 e. The molecule has 98 valence electrons. The third-order valence-corrected chi connectivity index (χ3v) is 4.43. The minimum atomic E-state index is -2.94. The van der Waals surface area contributed by atoms with Gasteiger partial charge in [0.2, 0.25) is 0 Å². The predicted octanol–water partition coefficient (Wildman–Crippen LogP) is 5.23. The van der Waals surface area contributed by atoms with Crippen molar-refractivity contribution in [1.82, 2.24) is 0 Å². The topological polar surface area (TPSA) is 0 Å². The number of alkyl halides is 2. The van der Waals surface area contributed by atoms with E-state index in [1.807, 2.05) is 26.0 Å². The Morgan fingerprint density at radius 3 is 2.11 bits per heavy atom. The Hall–Kier alpha value is -1.22. The number of hydrogen-bond donors (Lipinski definition) is 0. The van der Waals surface area contributed by atoms with Gasteiger partial charge in [0.1, 0.15) is 0 Å². The molecule has 2 aromatic rings. The maximum atomic E-state index is 14.7. The fraction of sp³-hybridized carbons (Fsp3) is 0.250. The van der Waals surface area contributed by atoms with Crippen molar-refractivity contribution in [2.45, 2.75) is 25.2 Å². The molecule has 0 aliphatic heterocycles. The number of halogens is 3. The summed E-state index contributed by atoms with van der Waals surface area (Å²) in [6, 6.07) is 12.0. The number of hydrogen-bond acceptors (Lipinski definition) is 0. The lowest BCUT2D eigenvalue weighted by Crippen LogP contribution is -2.34. The van der Waals surface area contributed by atoms with Crippen LogP contribution in [0.25, 0.3) is 0 Å². The van der Waals surface area contributed by atoms with E-state index in [2.05, 4.69) is 15.9 Å². The van der Waals surface area contributed by atoms with E-state index in [1.165, 1.54) is 12.1 Å². The monoisotopic (exact) mass is 322 g/mol. The standard InChI is InChI=1S/C16H13BrF2/c1-15(2)11-5-3-4-6-13(11)16(18,19)14-9-10(17)7-8-12(14)15/h3-9H,1-2H3. The molecule has 0 unspecified atom stereocenters. The first-order chi connectivity index (χ1) is 8.85. The molecule has 19 heavy (non-hydrogen) atoms. The number of benzene rings is 2. The Labute approximate surface area is 119 Å². The maximum Gasteiger partial charge on any atom is 0.299 e. The van der Waals surface area contributed by atoms with Crippen molar-refractivity contribution in [3.8, 4) is 0 Å². The molecule has 2 aromatic carbocycles. The molecule has 3 rings (SSSR count). The number of fused-ring (bicyclic) bond motifs is 2. The van der Waals surface area contributed by atoms with Crippen molar-refractivity contribution < 1.29 is 8.78 Å². The van der Waals surface area contributed by atoms with Gasteiger partial charge in [0.25, 0.3) is 5.92 Å². The van der Waals surface area contributed by atoms with Gasteiger partial charge in [-0.1, -0.05) is 60.1 Å². The third kappa shape index (κ3) is 1.68. The van der Waals surface area contributed by atoms with Crippen LogP contribution in [-0.4, -0.2) is 0 Å². The van der Waals surface area contributed by atoms with Crippen LogP contribution in [0.2, 0.25) is 0 Å². The molecule has 0 saturated heterocycles. The molecule has 1 aliphatic rings. The molecule has 0 saturated carbocycles. The Kier molecular flexibility index (Phi) is 2.62. The first kappa shape index (κ1) is 12.8. The lowest BCUT2D eigenvalue weighted by atomic mass is 9.67. The minimum absolute atomic E-state index is 0.102. The van der Waals surface area contributed by atoms with Gasteiger partial charge in [0.15, 0.2) is 0 Å². The zero-order valence-electron chi connectivity index (χ0n) is 10.7. The Bertz CT molecular complexity index is 660. The van der Waals surface area contributed by atoms with Gasteiger partial charge in [-0.2, -0.15) is 8.78 Å². The van der Waals surface area contributed by atoms with Crippen LogP contribution >= 0.6 is 15.9 Å². The molecule has 0 N–H and O–H groups in total. The van der Waals surface area contributed by atoms with Crippen LogP contribution in [0.3, 0.4) is 0 Å². The summed E-state index contributed by atoms with van der Waals surface area (Å²) >= 11 is 3.29. The summed E-state index contributed by atoms with van der Waals surface area (Å²) in [5.74, 6) is -2.94. The molecule has 0 nitrogen and oxygen atoms in total. The average Bonchev–Trinajstić information content (AvgIpc) is 2.37. The van der Waals surface area contributed by atoms with Crippen molar-refractivity contribution in [2.24, 2.45) is 0 Å². The van der Waals surface area contributed by atoms with Gasteiger partial charge in [-0.15, -0.1) is 0 Å². The second kappa shape index (κ2) is 3.89. The average molecular weight is 323 g/mol. The summed E-state index contributed by atoms with van der Waals surface area (Å²) in [6.07, 6.45) is 0. The van der Waals surface area contributed by atoms with Crippen LogP contribution in [0.15, 0.2) is 46.9 Å². The summed E-state index contributed by atoms with van der Waals surface area (Å²) in [5, 5.41) is 0. The Morgan fingerprint density at radius 2 is 1.42 bits per heavy atom. The van der Waals surface area contributed by atoms with Crippen LogP contribution < -0.4 is 0 Å². The van der Waals surface area contributed by atoms with Crippen LogP contribution in [-0.2, 0) is 11.3 Å². The van der Waals surface area contributed by atoms with Gasteiger partial charge in [-0.3, -0.25) is 0 Å². The van der Waals surface area contributed by atoms with Gasteiger partial charge in [-0.05, 0) is 23.3 Å². The molecular formula is C16H13BrF2. The Morgan fingerprint density at radius 1 is 0.842 bits per heavy atom. The molecule has 0 spiro atoms. The van der Waals surface area contributed by atoms with Crippen LogP contribution in [0.4, 0.5) is 8.78 Å². The normalized spacial score (nSPS) is 18.6. The highest BCUT2D eigenvalue weighted by atomic mass is 79.9. The van der Waals surface area contributed by atoms with Gasteiger partial charge in [0, 0.05) is 21.0 Å². The molecule has 3 heteroatoms. The molecule has 0 fully saturated rings. The van der Waals surface area contributed by atoms with E-state index in [-0.39, 0.29) is 11.1 Å². The van der Waals surface area contributed by atoms with E-state index < -0.39 is 11.3 Å². The van der Waals surface area contributed by atoms with Crippen molar-refractivity contribution in [1.29, 1.82) is 0 Å².